The number of ether oxygens (including phenoxy) is 4. The first-order valence-corrected chi connectivity index (χ1v) is 20.5. The highest BCUT2D eigenvalue weighted by Crippen LogP contribution is 2.54. The molecule has 0 spiro atoms. The molecule has 0 atom stereocenters. The summed E-state index contributed by atoms with van der Waals surface area (Å²) >= 11 is 0. The van der Waals surface area contributed by atoms with E-state index in [1.54, 1.807) is 0 Å². The van der Waals surface area contributed by atoms with Crippen LogP contribution in [0.2, 0.25) is 0 Å². The zero-order valence-corrected chi connectivity index (χ0v) is 37.3. The van der Waals surface area contributed by atoms with Crippen LogP contribution in [-0.4, -0.2) is 89.0 Å². The van der Waals surface area contributed by atoms with Crippen LogP contribution in [0.4, 0.5) is 4.39 Å². The maximum Gasteiger partial charge on any atom is 0.212 e. The van der Waals surface area contributed by atoms with Crippen molar-refractivity contribution in [2.75, 3.05) is 0 Å². The first kappa shape index (κ1) is 45.6. The fraction of sp³-hybridized carbons (Fsp3) is 0.837. The highest BCUT2D eigenvalue weighted by molar-refractivity contribution is 5.67. The fourth-order valence-electron chi connectivity index (χ4n) is 10.9. The van der Waals surface area contributed by atoms with Crippen molar-refractivity contribution in [3.63, 3.8) is 0 Å². The molecule has 0 aromatic heterocycles. The molecule has 1 aromatic rings. The van der Waals surface area contributed by atoms with E-state index in [1.807, 2.05) is 111 Å². The van der Waals surface area contributed by atoms with Crippen LogP contribution in [0, 0.1) is 17.1 Å². The fourth-order valence-corrected chi connectivity index (χ4v) is 10.9. The minimum absolute atomic E-state index is 0.0698. The maximum atomic E-state index is 17.8. The zero-order chi connectivity index (χ0) is 43.3. The van der Waals surface area contributed by atoms with Crippen LogP contribution in [0.1, 0.15) is 168 Å². The van der Waals surface area contributed by atoms with Crippen molar-refractivity contribution >= 4 is 0 Å². The Morgan fingerprint density at radius 2 is 0.632 bits per heavy atom. The van der Waals surface area contributed by atoms with Crippen molar-refractivity contribution in [3.05, 3.63) is 11.4 Å². The van der Waals surface area contributed by atoms with Crippen LogP contribution < -0.4 is 18.9 Å². The Morgan fingerprint density at radius 1 is 0.421 bits per heavy atom. The monoisotopic (exact) mass is 802 g/mol. The average molecular weight is 802 g/mol. The highest BCUT2D eigenvalue weighted by Gasteiger charge is 2.52. The van der Waals surface area contributed by atoms with Gasteiger partial charge < -0.3 is 18.9 Å². The third-order valence-electron chi connectivity index (χ3n) is 12.7. The molecule has 4 radical (unpaired) electrons. The Hall–Kier alpha value is -2.48. The maximum absolute atomic E-state index is 17.8. The molecular formula is C43H68FN5O8. The van der Waals surface area contributed by atoms with Crippen LogP contribution in [0.25, 0.3) is 0 Å². The number of rotatable bonds is 8. The lowest BCUT2D eigenvalue weighted by Crippen LogP contribution is -2.61. The van der Waals surface area contributed by atoms with Crippen molar-refractivity contribution in [2.24, 2.45) is 0 Å². The molecule has 5 rings (SSSR count). The van der Waals surface area contributed by atoms with E-state index in [-0.39, 0.29) is 79.9 Å². The number of halogens is 1. The number of nitriles is 1. The lowest BCUT2D eigenvalue weighted by Gasteiger charge is -2.51. The van der Waals surface area contributed by atoms with E-state index < -0.39 is 74.5 Å². The molecule has 4 heterocycles. The van der Waals surface area contributed by atoms with E-state index >= 15 is 4.39 Å². The predicted octanol–water partition coefficient (Wildman–Crippen LogP) is 8.68. The summed E-state index contributed by atoms with van der Waals surface area (Å²) in [5.74, 6) is -1.83. The van der Waals surface area contributed by atoms with Gasteiger partial charge in [-0.3, -0.25) is 0 Å². The van der Waals surface area contributed by atoms with Gasteiger partial charge in [0.1, 0.15) is 36.0 Å². The molecule has 0 N–H and O–H groups in total. The van der Waals surface area contributed by atoms with Gasteiger partial charge in [0.15, 0.2) is 11.5 Å². The predicted molar refractivity (Wildman–Crippen MR) is 208 cm³/mol. The molecule has 4 fully saturated rings. The van der Waals surface area contributed by atoms with E-state index in [0.29, 0.717) is 0 Å². The average Bonchev–Trinajstić information content (AvgIpc) is 3.03. The minimum Gasteiger partial charge on any atom is -0.486 e. The van der Waals surface area contributed by atoms with Gasteiger partial charge in [-0.2, -0.15) is 9.65 Å². The lowest BCUT2D eigenvalue weighted by molar-refractivity contribution is -0.298. The normalized spacial score (nSPS) is 28.1. The first-order chi connectivity index (χ1) is 25.7. The topological polar surface area (TPSA) is 153 Å². The van der Waals surface area contributed by atoms with Gasteiger partial charge in [0.25, 0.3) is 0 Å². The molecule has 1 aromatic carbocycles. The standard InChI is InChI=1S/C43H68FN5O8/c1-36(2)17-26(18-37(3,4)46(36)50)54-32-30(25-45)33(55-27-19-38(5,6)47(51)39(7,8)20-27)35(57-29-23-42(13,14)49(53)43(15,16)24-29)34(31(32)44)56-28-21-40(9,10)48(52)41(11,12)22-28/h26-29H,17-24H2,1-16H3. The van der Waals surface area contributed by atoms with E-state index in [1.165, 1.54) is 0 Å². The summed E-state index contributed by atoms with van der Waals surface area (Å²) in [4.78, 5) is 0. The Bertz CT molecular complexity index is 1650. The van der Waals surface area contributed by atoms with Crippen LogP contribution >= 0.6 is 0 Å². The quantitative estimate of drug-likeness (QED) is 0.251. The van der Waals surface area contributed by atoms with Gasteiger partial charge in [0.05, 0.1) is 0 Å². The second-order valence-corrected chi connectivity index (χ2v) is 22.4. The van der Waals surface area contributed by atoms with Gasteiger partial charge in [-0.15, -0.1) is 41.1 Å². The Balaban J connectivity index is 1.74. The van der Waals surface area contributed by atoms with Crippen LogP contribution in [0.3, 0.4) is 0 Å². The van der Waals surface area contributed by atoms with Crippen LogP contribution in [-0.2, 0) is 20.8 Å². The van der Waals surface area contributed by atoms with Crippen molar-refractivity contribution in [1.82, 2.24) is 20.3 Å². The number of nitrogens with zero attached hydrogens (tertiary/aromatic N) is 5. The molecule has 320 valence electrons. The third kappa shape index (κ3) is 8.74. The number of benzene rings is 1. The van der Waals surface area contributed by atoms with E-state index in [0.717, 1.165) is 20.3 Å². The molecule has 0 saturated carbocycles. The Kier molecular flexibility index (Phi) is 11.7. The second kappa shape index (κ2) is 14.6. The minimum atomic E-state index is -0.955. The lowest BCUT2D eigenvalue weighted by atomic mass is 9.80. The summed E-state index contributed by atoms with van der Waals surface area (Å²) in [5, 5.41) is 68.9. The molecule has 0 bridgehead atoms. The van der Waals surface area contributed by atoms with Gasteiger partial charge in [0.2, 0.25) is 17.3 Å². The van der Waals surface area contributed by atoms with E-state index in [9.17, 15) is 26.1 Å². The summed E-state index contributed by atoms with van der Waals surface area (Å²) < 4.78 is 44.9. The van der Waals surface area contributed by atoms with Gasteiger partial charge in [-0.1, -0.05) is 0 Å². The zero-order valence-electron chi connectivity index (χ0n) is 37.3. The molecule has 14 heteroatoms. The molecular weight excluding hydrogens is 733 g/mol. The molecule has 0 amide bonds. The van der Waals surface area contributed by atoms with Crippen LogP contribution in [0.5, 0.6) is 23.0 Å². The van der Waals surface area contributed by atoms with Gasteiger partial charge in [-0.05, 0) is 111 Å². The number of piperidine rings is 4. The van der Waals surface area contributed by atoms with Gasteiger partial charge in [0, 0.05) is 95.7 Å². The van der Waals surface area contributed by atoms with E-state index in [2.05, 4.69) is 6.07 Å². The SMILES string of the molecule is CC1(C)CC(Oc2c(F)c(OC3CC(C)(C)N([O])C(C)(C)C3)c(OC3CC(C)(C)N([O])C(C)(C)C3)c(OC3CC(C)(C)N([O])C(C)(C)C3)c2C#N)CC(C)(C)N1[O]. The summed E-state index contributed by atoms with van der Waals surface area (Å²) in [6.45, 7) is 29.2. The first-order valence-electron chi connectivity index (χ1n) is 20.5. The molecule has 4 aliphatic rings. The van der Waals surface area contributed by atoms with E-state index in [4.69, 9.17) is 18.9 Å². The highest BCUT2D eigenvalue weighted by atomic mass is 19.1. The molecule has 4 aliphatic heterocycles. The largest absolute Gasteiger partial charge is 0.486 e. The van der Waals surface area contributed by atoms with Gasteiger partial charge >= 0.3 is 0 Å². The second-order valence-electron chi connectivity index (χ2n) is 22.4. The number of hydrogen-bond acceptors (Lipinski definition) is 9. The van der Waals surface area contributed by atoms with Crippen molar-refractivity contribution in [3.8, 4) is 29.1 Å². The summed E-state index contributed by atoms with van der Waals surface area (Å²) in [7, 11) is 0. The van der Waals surface area contributed by atoms with Crippen molar-refractivity contribution < 1.29 is 44.2 Å². The van der Waals surface area contributed by atoms with Crippen molar-refractivity contribution in [2.45, 2.75) is 231 Å². The molecule has 0 unspecified atom stereocenters. The summed E-state index contributed by atoms with van der Waals surface area (Å²) in [6, 6.07) is 2.19. The number of hydrogen-bond donors (Lipinski definition) is 0. The Labute approximate surface area is 340 Å². The van der Waals surface area contributed by atoms with Gasteiger partial charge in [-0.25, -0.2) is 0 Å². The summed E-state index contributed by atoms with van der Waals surface area (Å²) in [6.07, 6.45) is -0.409. The molecule has 57 heavy (non-hydrogen) atoms. The summed E-state index contributed by atoms with van der Waals surface area (Å²) in [5.41, 5.74) is -7.08. The Morgan fingerprint density at radius 3 is 0.877 bits per heavy atom. The molecule has 13 nitrogen and oxygen atoms in total. The van der Waals surface area contributed by atoms with Crippen LogP contribution in [0.15, 0.2) is 0 Å². The smallest absolute Gasteiger partial charge is 0.212 e. The third-order valence-corrected chi connectivity index (χ3v) is 12.7. The molecule has 4 saturated heterocycles. The van der Waals surface area contributed by atoms with Crippen molar-refractivity contribution in [1.29, 1.82) is 5.26 Å². The number of hydroxylamine groups is 8. The molecule has 0 aliphatic carbocycles.